The molecule has 0 radical (unpaired) electrons. The van der Waals surface area contributed by atoms with E-state index in [9.17, 15) is 18.0 Å². The molecule has 0 fully saturated rings. The molecule has 1 unspecified atom stereocenters. The van der Waals surface area contributed by atoms with Gasteiger partial charge in [-0.05, 0) is 30.4 Å². The maximum atomic E-state index is 12.9. The molecule has 2 aromatic rings. The van der Waals surface area contributed by atoms with Crippen LogP contribution in [0.5, 0.6) is 0 Å². The number of nitrogen functional groups attached to an aromatic ring is 1. The minimum Gasteiger partial charge on any atom is -0.368 e. The molecule has 0 bridgehead atoms. The van der Waals surface area contributed by atoms with E-state index in [2.05, 4.69) is 15.5 Å². The van der Waals surface area contributed by atoms with Gasteiger partial charge in [-0.1, -0.05) is 37.2 Å². The van der Waals surface area contributed by atoms with Crippen molar-refractivity contribution in [2.45, 2.75) is 37.6 Å². The van der Waals surface area contributed by atoms with Crippen LogP contribution in [0.4, 0.5) is 24.8 Å². The monoisotopic (exact) mass is 407 g/mol. The number of nitrogens with two attached hydrogens (primary N) is 1. The summed E-state index contributed by atoms with van der Waals surface area (Å²) in [5.41, 5.74) is 4.78. The maximum Gasteiger partial charge on any atom is 0.416 e. The second-order valence-corrected chi connectivity index (χ2v) is 6.89. The first kappa shape index (κ1) is 20.4. The van der Waals surface area contributed by atoms with Crippen molar-refractivity contribution < 1.29 is 18.0 Å². The van der Waals surface area contributed by atoms with Gasteiger partial charge in [0.2, 0.25) is 11.9 Å². The molecule has 0 aliphatic carbocycles. The summed E-state index contributed by atoms with van der Waals surface area (Å²) in [4.78, 5) is 12.7. The van der Waals surface area contributed by atoms with E-state index in [4.69, 9.17) is 17.3 Å². The van der Waals surface area contributed by atoms with Crippen LogP contribution < -0.4 is 11.1 Å². The van der Waals surface area contributed by atoms with Crippen LogP contribution in [0.25, 0.3) is 0 Å². The van der Waals surface area contributed by atoms with Crippen LogP contribution in [-0.2, 0) is 11.0 Å². The molecule has 3 N–H and O–H groups in total. The number of aromatic nitrogens is 3. The zero-order valence-corrected chi connectivity index (χ0v) is 15.5. The van der Waals surface area contributed by atoms with Gasteiger partial charge < -0.3 is 11.1 Å². The van der Waals surface area contributed by atoms with E-state index in [-0.39, 0.29) is 16.7 Å². The number of anilines is 2. The summed E-state index contributed by atoms with van der Waals surface area (Å²) >= 11 is 7.29. The number of alkyl halides is 3. The molecule has 6 nitrogen and oxygen atoms in total. The molecule has 0 saturated carbocycles. The van der Waals surface area contributed by atoms with Gasteiger partial charge in [0.15, 0.2) is 5.16 Å². The molecule has 11 heteroatoms. The van der Waals surface area contributed by atoms with Gasteiger partial charge in [0.05, 0.1) is 16.3 Å². The molecular formula is C15H17ClF3N5OS. The third kappa shape index (κ3) is 4.42. The fourth-order valence-electron chi connectivity index (χ4n) is 2.31. The number of hydrogen-bond acceptors (Lipinski definition) is 5. The van der Waals surface area contributed by atoms with Gasteiger partial charge in [0.25, 0.3) is 0 Å². The normalized spacial score (nSPS) is 12.8. The molecule has 1 aromatic heterocycles. The first-order valence-corrected chi connectivity index (χ1v) is 9.06. The molecule has 1 amide bonds. The third-order valence-corrected chi connectivity index (χ3v) is 4.67. The molecule has 2 rings (SSSR count). The van der Waals surface area contributed by atoms with Gasteiger partial charge >= 0.3 is 6.18 Å². The van der Waals surface area contributed by atoms with Crippen LogP contribution in [0.1, 0.15) is 31.9 Å². The zero-order chi connectivity index (χ0) is 19.5. The summed E-state index contributed by atoms with van der Waals surface area (Å²) in [6, 6.07) is 1.95. The second-order valence-electron chi connectivity index (χ2n) is 5.25. The number of rotatable bonds is 6. The van der Waals surface area contributed by atoms with Crippen LogP contribution >= 0.6 is 23.4 Å². The van der Waals surface area contributed by atoms with Crippen molar-refractivity contribution in [2.24, 2.45) is 0 Å². The van der Waals surface area contributed by atoms with Gasteiger partial charge in [-0.3, -0.25) is 9.36 Å². The Morgan fingerprint density at radius 1 is 1.38 bits per heavy atom. The van der Waals surface area contributed by atoms with Gasteiger partial charge in [-0.15, -0.1) is 10.2 Å². The Balaban J connectivity index is 2.32. The second kappa shape index (κ2) is 8.17. The summed E-state index contributed by atoms with van der Waals surface area (Å²) in [6.07, 6.45) is -4.21. The zero-order valence-electron chi connectivity index (χ0n) is 14.0. The Hall–Kier alpha value is -1.94. The number of nitrogens with zero attached hydrogens (tertiary/aromatic N) is 3. The van der Waals surface area contributed by atoms with Crippen LogP contribution in [0, 0.1) is 0 Å². The molecule has 1 heterocycles. The molecule has 1 aromatic carbocycles. The molecule has 1 atom stereocenters. The predicted molar refractivity (Wildman–Crippen MR) is 95.2 cm³/mol. The standard InChI is InChI=1S/C15H17ClF3N5OS/c1-3-11(24-13(20)22-23-14(24)26-4-2)12(25)21-10-7-8(15(17,18)19)5-6-9(10)16/h5-7,11H,3-4H2,1-2H3,(H2,20,22)(H,21,25). The highest BCUT2D eigenvalue weighted by Gasteiger charge is 2.32. The lowest BCUT2D eigenvalue weighted by atomic mass is 10.1. The summed E-state index contributed by atoms with van der Waals surface area (Å²) < 4.78 is 40.1. The lowest BCUT2D eigenvalue weighted by Gasteiger charge is -2.20. The molecule has 0 spiro atoms. The van der Waals surface area contributed by atoms with E-state index in [1.807, 2.05) is 6.92 Å². The van der Waals surface area contributed by atoms with E-state index < -0.39 is 23.7 Å². The van der Waals surface area contributed by atoms with E-state index in [0.717, 1.165) is 18.2 Å². The lowest BCUT2D eigenvalue weighted by molar-refractivity contribution is -0.137. The van der Waals surface area contributed by atoms with Gasteiger partial charge in [0, 0.05) is 0 Å². The number of carbonyl (C=O) groups is 1. The Morgan fingerprint density at radius 3 is 2.65 bits per heavy atom. The van der Waals surface area contributed by atoms with Crippen molar-refractivity contribution in [1.29, 1.82) is 0 Å². The highest BCUT2D eigenvalue weighted by atomic mass is 35.5. The number of hydrogen-bond donors (Lipinski definition) is 2. The van der Waals surface area contributed by atoms with Crippen molar-refractivity contribution in [3.05, 3.63) is 28.8 Å². The Labute approximate surface area is 157 Å². The summed E-state index contributed by atoms with van der Waals surface area (Å²) in [5.74, 6) is 0.187. The summed E-state index contributed by atoms with van der Waals surface area (Å²) in [7, 11) is 0. The number of benzene rings is 1. The van der Waals surface area contributed by atoms with Gasteiger partial charge in [0.1, 0.15) is 6.04 Å². The minimum absolute atomic E-state index is 0.00101. The Morgan fingerprint density at radius 2 is 2.08 bits per heavy atom. The van der Waals surface area contributed by atoms with Gasteiger partial charge in [-0.2, -0.15) is 13.2 Å². The highest BCUT2D eigenvalue weighted by molar-refractivity contribution is 7.99. The number of nitrogens with one attached hydrogen (secondary N) is 1. The maximum absolute atomic E-state index is 12.9. The van der Waals surface area contributed by atoms with Crippen LogP contribution in [-0.4, -0.2) is 26.4 Å². The quantitative estimate of drug-likeness (QED) is 0.700. The van der Waals surface area contributed by atoms with E-state index in [0.29, 0.717) is 17.3 Å². The van der Waals surface area contributed by atoms with Gasteiger partial charge in [-0.25, -0.2) is 0 Å². The summed E-state index contributed by atoms with van der Waals surface area (Å²) in [5, 5.41) is 10.6. The van der Waals surface area contributed by atoms with E-state index >= 15 is 0 Å². The van der Waals surface area contributed by atoms with Crippen molar-refractivity contribution in [3.63, 3.8) is 0 Å². The molecule has 0 saturated heterocycles. The average molecular weight is 408 g/mol. The number of thioether (sulfide) groups is 1. The lowest BCUT2D eigenvalue weighted by Crippen LogP contribution is -2.27. The number of carbonyl (C=O) groups excluding carboxylic acids is 1. The average Bonchev–Trinajstić information content (AvgIpc) is 2.91. The Kier molecular flexibility index (Phi) is 6.40. The first-order valence-electron chi connectivity index (χ1n) is 7.69. The van der Waals surface area contributed by atoms with Crippen molar-refractivity contribution >= 4 is 40.9 Å². The van der Waals surface area contributed by atoms with Crippen LogP contribution in [0.2, 0.25) is 5.02 Å². The molecule has 0 aliphatic rings. The van der Waals surface area contributed by atoms with Crippen molar-refractivity contribution in [3.8, 4) is 0 Å². The first-order chi connectivity index (χ1) is 12.2. The fourth-order valence-corrected chi connectivity index (χ4v) is 3.19. The van der Waals surface area contributed by atoms with E-state index in [1.165, 1.54) is 16.3 Å². The number of amides is 1. The van der Waals surface area contributed by atoms with Crippen LogP contribution in [0.3, 0.4) is 0 Å². The largest absolute Gasteiger partial charge is 0.416 e. The van der Waals surface area contributed by atoms with E-state index in [1.54, 1.807) is 6.92 Å². The number of halogens is 4. The van der Waals surface area contributed by atoms with Crippen LogP contribution in [0.15, 0.2) is 23.4 Å². The third-order valence-electron chi connectivity index (χ3n) is 3.52. The molecule has 0 aliphatic heterocycles. The van der Waals surface area contributed by atoms with Crippen molar-refractivity contribution in [1.82, 2.24) is 14.8 Å². The SMILES string of the molecule is CCSc1nnc(N)n1C(CC)C(=O)Nc1cc(C(F)(F)F)ccc1Cl. The highest BCUT2D eigenvalue weighted by Crippen LogP contribution is 2.34. The smallest absolute Gasteiger partial charge is 0.368 e. The molecule has 26 heavy (non-hydrogen) atoms. The minimum atomic E-state index is -4.54. The van der Waals surface area contributed by atoms with Crippen molar-refractivity contribution in [2.75, 3.05) is 16.8 Å². The topological polar surface area (TPSA) is 85.8 Å². The predicted octanol–water partition coefficient (Wildman–Crippen LogP) is 4.23. The molecular weight excluding hydrogens is 391 g/mol. The summed E-state index contributed by atoms with van der Waals surface area (Å²) in [6.45, 7) is 3.65. The Bertz CT molecular complexity index is 796. The molecule has 142 valence electrons. The fraction of sp³-hybridized carbons (Fsp3) is 0.400.